The number of hydrogen-bond acceptors (Lipinski definition) is 3. The maximum atomic E-state index is 12.3. The number of H-pyrrole nitrogens is 1. The number of carbonyl (C=O) groups excluding carboxylic acids is 1. The van der Waals surface area contributed by atoms with Crippen molar-refractivity contribution in [2.45, 2.75) is 31.8 Å². The molecule has 2 heterocycles. The Balaban J connectivity index is 1.50. The van der Waals surface area contributed by atoms with E-state index in [2.05, 4.69) is 15.5 Å². The average molecular weight is 297 g/mol. The molecular weight excluding hydrogens is 278 g/mol. The first-order valence-corrected chi connectivity index (χ1v) is 7.86. The standard InChI is InChI=1S/C17H19N3O2/c21-17(18-10-14-2-1-7-22-14)12-5-6-15-11(8-12)3-4-13-9-19-20-16(13)15/h5-6,8-9,14H,1-4,7,10H2,(H,18,21)(H,19,20)/t14-/m1/s1. The third kappa shape index (κ3) is 2.41. The van der Waals surface area contributed by atoms with Crippen molar-refractivity contribution in [3.63, 3.8) is 0 Å². The van der Waals surface area contributed by atoms with Gasteiger partial charge in [0.15, 0.2) is 0 Å². The first-order chi connectivity index (χ1) is 10.8. The predicted octanol–water partition coefficient (Wildman–Crippen LogP) is 2.08. The summed E-state index contributed by atoms with van der Waals surface area (Å²) in [4.78, 5) is 12.3. The van der Waals surface area contributed by atoms with Crippen LogP contribution in [0.4, 0.5) is 0 Å². The van der Waals surface area contributed by atoms with Crippen LogP contribution in [0.5, 0.6) is 0 Å². The minimum atomic E-state index is -0.0197. The van der Waals surface area contributed by atoms with Gasteiger partial charge in [0.2, 0.25) is 0 Å². The van der Waals surface area contributed by atoms with E-state index >= 15 is 0 Å². The van der Waals surface area contributed by atoms with Crippen LogP contribution >= 0.6 is 0 Å². The van der Waals surface area contributed by atoms with Crippen LogP contribution in [0, 0.1) is 0 Å². The van der Waals surface area contributed by atoms with Gasteiger partial charge in [-0.1, -0.05) is 6.07 Å². The summed E-state index contributed by atoms with van der Waals surface area (Å²) < 4.78 is 5.53. The molecule has 1 aliphatic carbocycles. The summed E-state index contributed by atoms with van der Waals surface area (Å²) in [5.74, 6) is -0.0197. The van der Waals surface area contributed by atoms with E-state index < -0.39 is 0 Å². The summed E-state index contributed by atoms with van der Waals surface area (Å²) in [5.41, 5.74) is 5.44. The molecule has 4 rings (SSSR count). The monoisotopic (exact) mass is 297 g/mol. The zero-order valence-corrected chi connectivity index (χ0v) is 12.4. The van der Waals surface area contributed by atoms with E-state index in [0.717, 1.165) is 49.1 Å². The molecule has 1 aromatic carbocycles. The molecule has 5 heteroatoms. The largest absolute Gasteiger partial charge is 0.376 e. The number of ether oxygens (including phenoxy) is 1. The topological polar surface area (TPSA) is 67.0 Å². The molecule has 114 valence electrons. The Kier molecular flexibility index (Phi) is 3.42. The fourth-order valence-electron chi connectivity index (χ4n) is 3.30. The summed E-state index contributed by atoms with van der Waals surface area (Å²) in [6, 6.07) is 5.91. The van der Waals surface area contributed by atoms with E-state index in [9.17, 15) is 4.79 Å². The third-order valence-corrected chi connectivity index (χ3v) is 4.53. The zero-order chi connectivity index (χ0) is 14.9. The third-order valence-electron chi connectivity index (χ3n) is 4.53. The van der Waals surface area contributed by atoms with Crippen LogP contribution in [-0.4, -0.2) is 35.4 Å². The van der Waals surface area contributed by atoms with Crippen LogP contribution in [-0.2, 0) is 17.6 Å². The van der Waals surface area contributed by atoms with Crippen molar-refractivity contribution in [2.24, 2.45) is 0 Å². The van der Waals surface area contributed by atoms with Crippen LogP contribution in [0.1, 0.15) is 34.3 Å². The van der Waals surface area contributed by atoms with E-state index in [4.69, 9.17) is 4.74 Å². The van der Waals surface area contributed by atoms with Gasteiger partial charge in [-0.05, 0) is 48.9 Å². The van der Waals surface area contributed by atoms with Crippen molar-refractivity contribution in [1.29, 1.82) is 0 Å². The second-order valence-corrected chi connectivity index (χ2v) is 5.99. The van der Waals surface area contributed by atoms with E-state index in [0.29, 0.717) is 6.54 Å². The van der Waals surface area contributed by atoms with Crippen molar-refractivity contribution in [3.8, 4) is 11.3 Å². The van der Waals surface area contributed by atoms with Crippen molar-refractivity contribution in [3.05, 3.63) is 41.1 Å². The van der Waals surface area contributed by atoms with Crippen molar-refractivity contribution < 1.29 is 9.53 Å². The molecule has 2 N–H and O–H groups in total. The Morgan fingerprint density at radius 2 is 2.27 bits per heavy atom. The first-order valence-electron chi connectivity index (χ1n) is 7.86. The normalized spacial score (nSPS) is 19.5. The number of hydrogen-bond donors (Lipinski definition) is 2. The molecule has 2 aromatic rings. The van der Waals surface area contributed by atoms with Gasteiger partial charge in [-0.25, -0.2) is 0 Å². The van der Waals surface area contributed by atoms with Crippen LogP contribution < -0.4 is 5.32 Å². The molecule has 22 heavy (non-hydrogen) atoms. The van der Waals surface area contributed by atoms with Gasteiger partial charge in [0.25, 0.3) is 5.91 Å². The van der Waals surface area contributed by atoms with Crippen molar-refractivity contribution in [2.75, 3.05) is 13.2 Å². The molecule has 1 amide bonds. The van der Waals surface area contributed by atoms with Gasteiger partial charge in [0.1, 0.15) is 0 Å². The second kappa shape index (κ2) is 5.57. The lowest BCUT2D eigenvalue weighted by Gasteiger charge is -2.17. The summed E-state index contributed by atoms with van der Waals surface area (Å²) in [5, 5.41) is 10.2. The molecular formula is C17H19N3O2. The SMILES string of the molecule is O=C(NC[C@H]1CCCO1)c1ccc2c(c1)CCc1cn[nH]c1-2. The lowest BCUT2D eigenvalue weighted by atomic mass is 9.89. The number of fused-ring (bicyclic) bond motifs is 3. The zero-order valence-electron chi connectivity index (χ0n) is 12.4. The number of benzene rings is 1. The maximum Gasteiger partial charge on any atom is 0.251 e. The fraction of sp³-hybridized carbons (Fsp3) is 0.412. The maximum absolute atomic E-state index is 12.3. The van der Waals surface area contributed by atoms with Crippen molar-refractivity contribution in [1.82, 2.24) is 15.5 Å². The van der Waals surface area contributed by atoms with Gasteiger partial charge in [0, 0.05) is 24.3 Å². The number of carbonyl (C=O) groups is 1. The molecule has 1 aliphatic heterocycles. The Morgan fingerprint density at radius 3 is 3.14 bits per heavy atom. The number of aromatic amines is 1. The molecule has 0 saturated carbocycles. The Labute approximate surface area is 129 Å². The Morgan fingerprint density at radius 1 is 1.36 bits per heavy atom. The average Bonchev–Trinajstić information content (AvgIpc) is 3.23. The minimum Gasteiger partial charge on any atom is -0.376 e. The minimum absolute atomic E-state index is 0.0197. The predicted molar refractivity (Wildman–Crippen MR) is 82.7 cm³/mol. The quantitative estimate of drug-likeness (QED) is 0.911. The summed E-state index contributed by atoms with van der Waals surface area (Å²) in [6.45, 7) is 1.41. The highest BCUT2D eigenvalue weighted by Gasteiger charge is 2.20. The molecule has 0 spiro atoms. The highest BCUT2D eigenvalue weighted by molar-refractivity contribution is 5.95. The van der Waals surface area contributed by atoms with Crippen LogP contribution in [0.3, 0.4) is 0 Å². The molecule has 1 aromatic heterocycles. The van der Waals surface area contributed by atoms with Gasteiger partial charge < -0.3 is 10.1 Å². The van der Waals surface area contributed by atoms with Gasteiger partial charge in [-0.2, -0.15) is 5.10 Å². The highest BCUT2D eigenvalue weighted by Crippen LogP contribution is 2.32. The number of aryl methyl sites for hydroxylation is 2. The van der Waals surface area contributed by atoms with Gasteiger partial charge in [0.05, 0.1) is 18.0 Å². The molecule has 0 bridgehead atoms. The smallest absolute Gasteiger partial charge is 0.251 e. The lowest BCUT2D eigenvalue weighted by Crippen LogP contribution is -2.31. The Bertz CT molecular complexity index is 702. The summed E-state index contributed by atoms with van der Waals surface area (Å²) in [7, 11) is 0. The van der Waals surface area contributed by atoms with Crippen molar-refractivity contribution >= 4 is 5.91 Å². The number of aromatic nitrogens is 2. The van der Waals surface area contributed by atoms with Crippen LogP contribution in [0.25, 0.3) is 11.3 Å². The lowest BCUT2D eigenvalue weighted by molar-refractivity contribution is 0.0857. The highest BCUT2D eigenvalue weighted by atomic mass is 16.5. The molecule has 1 fully saturated rings. The summed E-state index contributed by atoms with van der Waals surface area (Å²) >= 11 is 0. The molecule has 0 radical (unpaired) electrons. The number of rotatable bonds is 3. The van der Waals surface area contributed by atoms with Gasteiger partial charge in [-0.3, -0.25) is 9.89 Å². The van der Waals surface area contributed by atoms with Gasteiger partial charge in [-0.15, -0.1) is 0 Å². The molecule has 2 aliphatic rings. The molecule has 5 nitrogen and oxygen atoms in total. The Hall–Kier alpha value is -2.14. The van der Waals surface area contributed by atoms with E-state index in [1.165, 1.54) is 11.1 Å². The van der Waals surface area contributed by atoms with E-state index in [-0.39, 0.29) is 12.0 Å². The molecule has 1 atom stereocenters. The first kappa shape index (κ1) is 13.5. The summed E-state index contributed by atoms with van der Waals surface area (Å²) in [6.07, 6.45) is 6.11. The van der Waals surface area contributed by atoms with Gasteiger partial charge >= 0.3 is 0 Å². The molecule has 1 saturated heterocycles. The number of nitrogens with one attached hydrogen (secondary N) is 2. The molecule has 0 unspecified atom stereocenters. The van der Waals surface area contributed by atoms with E-state index in [1.54, 1.807) is 0 Å². The van der Waals surface area contributed by atoms with E-state index in [1.807, 2.05) is 24.4 Å². The second-order valence-electron chi connectivity index (χ2n) is 5.99. The van der Waals surface area contributed by atoms with Crippen LogP contribution in [0.2, 0.25) is 0 Å². The number of nitrogens with zero attached hydrogens (tertiary/aromatic N) is 1. The van der Waals surface area contributed by atoms with Crippen LogP contribution in [0.15, 0.2) is 24.4 Å². The fourth-order valence-corrected chi connectivity index (χ4v) is 3.30. The number of amides is 1.